The number of aliphatic carboxylic acids is 2. The van der Waals surface area contributed by atoms with E-state index in [1.54, 1.807) is 0 Å². The monoisotopic (exact) mass is 557 g/mol. The van der Waals surface area contributed by atoms with Gasteiger partial charge in [-0.15, -0.1) is 0 Å². The first kappa shape index (κ1) is 39.0. The highest BCUT2D eigenvalue weighted by Gasteiger charge is 2.36. The van der Waals surface area contributed by atoms with Crippen LogP contribution in [-0.4, -0.2) is 133 Å². The van der Waals surface area contributed by atoms with Crippen molar-refractivity contribution in [3.8, 4) is 0 Å². The maximum atomic E-state index is 11.6. The van der Waals surface area contributed by atoms with Gasteiger partial charge < -0.3 is 25.3 Å². The Morgan fingerprint density at radius 2 is 1.10 bits per heavy atom. The number of carboxylic acid groups (broad SMARTS) is 2. The highest BCUT2D eigenvalue weighted by molar-refractivity contribution is 6.75. The van der Waals surface area contributed by atoms with Gasteiger partial charge in [0.25, 0.3) is 0 Å². The summed E-state index contributed by atoms with van der Waals surface area (Å²) in [5.74, 6) is 1.03. The number of nitrogens with one attached hydrogen (secondary N) is 1. The number of carbonyl (C=O) groups is 2. The van der Waals surface area contributed by atoms with E-state index in [4.69, 9.17) is 5.11 Å². The fourth-order valence-corrected chi connectivity index (χ4v) is 6.00. The second-order valence-electron chi connectivity index (χ2n) is 12.3. The highest BCUT2D eigenvalue weighted by Crippen LogP contribution is 2.27. The Labute approximate surface area is 249 Å². The molecule has 0 aromatic rings. The molecular formula is C29H56B3N4O4. The molecule has 0 saturated carbocycles. The van der Waals surface area contributed by atoms with Crippen LogP contribution >= 0.6 is 0 Å². The zero-order chi connectivity index (χ0) is 29.4. The molecular weight excluding hydrogens is 501 g/mol. The molecule has 4 heterocycles. The molecule has 4 fully saturated rings. The lowest BCUT2D eigenvalue weighted by atomic mass is 9.81. The zero-order valence-corrected chi connectivity index (χ0v) is 26.1. The molecule has 3 N–H and O–H groups in total. The van der Waals surface area contributed by atoms with Crippen molar-refractivity contribution < 1.29 is 19.8 Å². The third-order valence-corrected chi connectivity index (χ3v) is 9.16. The Hall–Kier alpha value is -1.03. The minimum Gasteiger partial charge on any atom is -0.481 e. The third-order valence-electron chi connectivity index (χ3n) is 9.16. The maximum Gasteiger partial charge on any atom is 0.321 e. The molecule has 225 valence electrons. The van der Waals surface area contributed by atoms with Crippen LogP contribution in [-0.2, 0) is 9.59 Å². The number of hydrogen-bond acceptors (Lipinski definition) is 6. The second-order valence-corrected chi connectivity index (χ2v) is 12.3. The van der Waals surface area contributed by atoms with E-state index in [2.05, 4.69) is 63.4 Å². The highest BCUT2D eigenvalue weighted by atomic mass is 16.4. The lowest BCUT2D eigenvalue weighted by Crippen LogP contribution is -2.51. The summed E-state index contributed by atoms with van der Waals surface area (Å²) >= 11 is 0. The van der Waals surface area contributed by atoms with E-state index in [-0.39, 0.29) is 20.4 Å². The van der Waals surface area contributed by atoms with Gasteiger partial charge in [-0.2, -0.15) is 0 Å². The van der Waals surface area contributed by atoms with Gasteiger partial charge in [-0.25, -0.2) is 0 Å². The first-order chi connectivity index (χ1) is 18.6. The van der Waals surface area contributed by atoms with E-state index in [0.29, 0.717) is 11.8 Å². The summed E-state index contributed by atoms with van der Waals surface area (Å²) in [4.78, 5) is 29.0. The number of piperidine rings is 4. The zero-order valence-electron chi connectivity index (χ0n) is 26.1. The molecule has 2 unspecified atom stereocenters. The van der Waals surface area contributed by atoms with Gasteiger partial charge in [-0.1, -0.05) is 20.8 Å². The van der Waals surface area contributed by atoms with E-state index < -0.39 is 11.9 Å². The van der Waals surface area contributed by atoms with Crippen LogP contribution in [0.5, 0.6) is 0 Å². The average molecular weight is 557 g/mol. The molecule has 2 atom stereocenters. The minimum absolute atomic E-state index is 0. The molecule has 0 amide bonds. The van der Waals surface area contributed by atoms with Crippen molar-refractivity contribution in [2.45, 2.75) is 78.2 Å². The maximum absolute atomic E-state index is 11.6. The van der Waals surface area contributed by atoms with Crippen molar-refractivity contribution in [2.24, 2.45) is 29.6 Å². The Balaban J connectivity index is 0.000000597. The largest absolute Gasteiger partial charge is 0.481 e. The van der Waals surface area contributed by atoms with Gasteiger partial charge in [0.2, 0.25) is 0 Å². The Morgan fingerprint density at radius 3 is 1.45 bits per heavy atom. The van der Waals surface area contributed by atoms with Gasteiger partial charge in [0.15, 0.2) is 0 Å². The van der Waals surface area contributed by atoms with E-state index in [1.165, 1.54) is 25.9 Å². The summed E-state index contributed by atoms with van der Waals surface area (Å²) in [5.41, 5.74) is 0. The normalized spacial score (nSPS) is 23.9. The van der Waals surface area contributed by atoms with E-state index in [0.717, 1.165) is 89.6 Å². The van der Waals surface area contributed by atoms with E-state index in [9.17, 15) is 14.7 Å². The van der Waals surface area contributed by atoms with Crippen LogP contribution < -0.4 is 5.32 Å². The molecule has 4 aliphatic rings. The smallest absolute Gasteiger partial charge is 0.321 e. The van der Waals surface area contributed by atoms with Crippen LogP contribution in [0.1, 0.15) is 72.1 Å². The molecule has 7 radical (unpaired) electrons. The average Bonchev–Trinajstić information content (AvgIpc) is 2.93. The number of carboxylic acids is 2. The van der Waals surface area contributed by atoms with Crippen LogP contribution in [0.2, 0.25) is 0 Å². The Kier molecular flexibility index (Phi) is 21.1. The first-order valence-electron chi connectivity index (χ1n) is 15.2. The molecule has 4 rings (SSSR count). The lowest BCUT2D eigenvalue weighted by Gasteiger charge is -2.40. The molecule has 8 nitrogen and oxygen atoms in total. The summed E-state index contributed by atoms with van der Waals surface area (Å²) < 4.78 is 0. The van der Waals surface area contributed by atoms with Crippen molar-refractivity contribution in [2.75, 3.05) is 66.5 Å². The summed E-state index contributed by atoms with van der Waals surface area (Å²) in [6.45, 7) is 15.0. The fourth-order valence-electron chi connectivity index (χ4n) is 6.00. The molecule has 4 aliphatic heterocycles. The summed E-state index contributed by atoms with van der Waals surface area (Å²) in [7, 11) is 12.2. The predicted octanol–water partition coefficient (Wildman–Crippen LogP) is 2.43. The van der Waals surface area contributed by atoms with Crippen molar-refractivity contribution >= 4 is 35.8 Å². The second kappa shape index (κ2) is 21.6. The Bertz CT molecular complexity index is 642. The number of hydrogen-bond donors (Lipinski definition) is 3. The van der Waals surface area contributed by atoms with Gasteiger partial charge >= 0.3 is 11.9 Å². The number of rotatable bonds is 5. The molecule has 4 saturated heterocycles. The predicted molar refractivity (Wildman–Crippen MR) is 167 cm³/mol. The molecule has 0 spiro atoms. The molecule has 11 heteroatoms. The van der Waals surface area contributed by atoms with Crippen molar-refractivity contribution in [3.05, 3.63) is 0 Å². The van der Waals surface area contributed by atoms with Crippen molar-refractivity contribution in [1.82, 2.24) is 20.0 Å². The lowest BCUT2D eigenvalue weighted by molar-refractivity contribution is -0.147. The van der Waals surface area contributed by atoms with Crippen LogP contribution in [0, 0.1) is 29.6 Å². The third kappa shape index (κ3) is 14.7. The van der Waals surface area contributed by atoms with E-state index >= 15 is 0 Å². The number of nitrogens with zero attached hydrogens (tertiary/aromatic N) is 3. The van der Waals surface area contributed by atoms with Crippen LogP contribution in [0.4, 0.5) is 0 Å². The summed E-state index contributed by atoms with van der Waals surface area (Å²) in [5, 5.41) is 21.7. The molecule has 0 bridgehead atoms. The summed E-state index contributed by atoms with van der Waals surface area (Å²) in [6, 6.07) is -0.244. The van der Waals surface area contributed by atoms with Crippen LogP contribution in [0.3, 0.4) is 0 Å². The molecule has 0 aromatic heterocycles. The van der Waals surface area contributed by atoms with Crippen molar-refractivity contribution in [3.63, 3.8) is 0 Å². The standard InChI is InChI=1S/C14H26N2O2.C9H17NO2.C6H13N.B2.B/c1-11-3-9-16(10-4-11)13(14(17)18)12-5-7-15(2)8-6-12;1-7(9(11)12)8-3-5-10(2)6-4-8;1-6-2-4-7-5-3-6;1-2;/h11-13H,3-10H2,1-2H3,(H,17,18);7-8H,3-6H2,1-2H3,(H,11,12);6-7H,2-5H2,1H3;;. The first-order valence-corrected chi connectivity index (χ1v) is 15.2. The summed E-state index contributed by atoms with van der Waals surface area (Å²) in [6.07, 6.45) is 9.17. The van der Waals surface area contributed by atoms with Crippen molar-refractivity contribution in [1.29, 1.82) is 0 Å². The molecule has 40 heavy (non-hydrogen) atoms. The minimum atomic E-state index is -0.649. The van der Waals surface area contributed by atoms with Gasteiger partial charge in [0.05, 0.1) is 5.92 Å². The van der Waals surface area contributed by atoms with E-state index in [1.807, 2.05) is 6.92 Å². The van der Waals surface area contributed by atoms with Gasteiger partial charge in [-0.3, -0.25) is 14.5 Å². The van der Waals surface area contributed by atoms with Crippen LogP contribution in [0.15, 0.2) is 0 Å². The molecule has 0 aliphatic carbocycles. The van der Waals surface area contributed by atoms with Gasteiger partial charge in [0.1, 0.15) is 6.04 Å². The number of likely N-dealkylation sites (tertiary alicyclic amines) is 3. The quantitative estimate of drug-likeness (QED) is 0.444. The van der Waals surface area contributed by atoms with Gasteiger partial charge in [0, 0.05) is 23.9 Å². The SMILES string of the molecule is CC(C(=O)O)C1CCN(C)CC1.CC1CCN(C(C(=O)O)C2CCN(C)CC2)CC1.CC1CCNCC1.[B].[B][B]. The van der Waals surface area contributed by atoms with Gasteiger partial charge in [-0.05, 0) is 141 Å². The van der Waals surface area contributed by atoms with Crippen LogP contribution in [0.25, 0.3) is 0 Å². The Morgan fingerprint density at radius 1 is 0.700 bits per heavy atom. The molecule has 0 aromatic carbocycles. The fraction of sp³-hybridized carbons (Fsp3) is 0.931. The topological polar surface area (TPSA) is 96.3 Å².